The summed E-state index contributed by atoms with van der Waals surface area (Å²) in [6, 6.07) is 17.7. The average molecular weight is 639 g/mol. The zero-order valence-corrected chi connectivity index (χ0v) is 25.5. The molecule has 1 N–H and O–H groups in total. The topological polar surface area (TPSA) is 144 Å². The summed E-state index contributed by atoms with van der Waals surface area (Å²) in [4.78, 5) is 74.2. The van der Waals surface area contributed by atoms with Gasteiger partial charge in [-0.25, -0.2) is 10.0 Å². The van der Waals surface area contributed by atoms with Crippen LogP contribution in [0.25, 0.3) is 0 Å². The van der Waals surface area contributed by atoms with Crippen LogP contribution in [0.5, 0.6) is 0 Å². The van der Waals surface area contributed by atoms with Crippen LogP contribution in [0.4, 0.5) is 5.13 Å². The SMILES string of the molecule is CON(C(=O)Cc1csc(NC=O)n1)C1C(=O)N2CC(COC(C)=O)(C(=O)OC(c3ccccc3)c3ccccc3)CS[C@H]12. The first kappa shape index (κ1) is 31.2. The molecule has 3 heterocycles. The molecule has 2 aliphatic rings. The lowest BCUT2D eigenvalue weighted by molar-refractivity contribution is -0.213. The third-order valence-corrected chi connectivity index (χ3v) is 9.69. The third-order valence-electron chi connectivity index (χ3n) is 7.29. The van der Waals surface area contributed by atoms with Crippen LogP contribution in [0, 0.1) is 5.41 Å². The molecule has 2 aromatic carbocycles. The Kier molecular flexibility index (Phi) is 9.61. The molecule has 3 aromatic rings. The number of hydrogen-bond donors (Lipinski definition) is 1. The molecule has 0 aliphatic carbocycles. The smallest absolute Gasteiger partial charge is 0.319 e. The van der Waals surface area contributed by atoms with E-state index < -0.39 is 46.7 Å². The van der Waals surface area contributed by atoms with Gasteiger partial charge in [0.25, 0.3) is 11.8 Å². The van der Waals surface area contributed by atoms with Crippen LogP contribution in [-0.2, 0) is 44.7 Å². The van der Waals surface area contributed by atoms with Crippen LogP contribution in [0.2, 0.25) is 0 Å². The molecule has 0 bridgehead atoms. The Labute approximate surface area is 261 Å². The standard InChI is InChI=1S/C30H30N4O8S2/c1-19(36)41-16-30(28(39)42-25(20-9-5-3-6-10-20)21-11-7-4-8-12-21)15-33-26(38)24(27(33)44-17-30)34(40-2)23(37)13-22-14-43-29(32-22)31-18-35/h3-12,14,18,24-25,27H,13,15-17H2,1-2H3,(H,31,32,35)/t24?,27-,30?/m1/s1. The van der Waals surface area contributed by atoms with E-state index in [-0.39, 0.29) is 25.3 Å². The van der Waals surface area contributed by atoms with Crippen molar-refractivity contribution in [2.75, 3.05) is 31.3 Å². The largest absolute Gasteiger partial charge is 0.465 e. The zero-order valence-electron chi connectivity index (χ0n) is 23.9. The number of esters is 2. The molecule has 3 atom stereocenters. The monoisotopic (exact) mass is 638 g/mol. The average Bonchev–Trinajstić information content (AvgIpc) is 3.48. The first-order chi connectivity index (χ1) is 21.3. The van der Waals surface area contributed by atoms with Gasteiger partial charge in [-0.15, -0.1) is 23.1 Å². The van der Waals surface area contributed by atoms with Gasteiger partial charge in [-0.05, 0) is 11.1 Å². The van der Waals surface area contributed by atoms with Gasteiger partial charge >= 0.3 is 11.9 Å². The Balaban J connectivity index is 1.34. The van der Waals surface area contributed by atoms with Crippen LogP contribution in [0.3, 0.4) is 0 Å². The number of nitrogens with zero attached hydrogens (tertiary/aromatic N) is 3. The Morgan fingerprint density at radius 1 is 1.14 bits per heavy atom. The van der Waals surface area contributed by atoms with Crippen LogP contribution >= 0.6 is 23.1 Å². The lowest BCUT2D eigenvalue weighted by atomic mass is 9.87. The minimum absolute atomic E-state index is 0.0685. The van der Waals surface area contributed by atoms with Crippen molar-refractivity contribution in [1.29, 1.82) is 0 Å². The molecule has 2 unspecified atom stereocenters. The van der Waals surface area contributed by atoms with Gasteiger partial charge in [0.15, 0.2) is 17.3 Å². The van der Waals surface area contributed by atoms with E-state index >= 15 is 0 Å². The highest BCUT2D eigenvalue weighted by Crippen LogP contribution is 2.45. The number of carbonyl (C=O) groups excluding carboxylic acids is 5. The molecule has 1 aromatic heterocycles. The van der Waals surface area contributed by atoms with Crippen molar-refractivity contribution < 1.29 is 38.3 Å². The molecular weight excluding hydrogens is 608 g/mol. The number of hydroxylamine groups is 2. The maximum atomic E-state index is 14.0. The number of fused-ring (bicyclic) bond motifs is 1. The van der Waals surface area contributed by atoms with Gasteiger partial charge in [0.2, 0.25) is 6.41 Å². The molecule has 0 spiro atoms. The van der Waals surface area contributed by atoms with Crippen LogP contribution < -0.4 is 5.32 Å². The summed E-state index contributed by atoms with van der Waals surface area (Å²) in [6.07, 6.45) is -0.375. The number of rotatable bonds is 12. The van der Waals surface area contributed by atoms with E-state index in [9.17, 15) is 24.0 Å². The fourth-order valence-corrected chi connectivity index (χ4v) is 7.34. The third kappa shape index (κ3) is 6.47. The van der Waals surface area contributed by atoms with E-state index in [1.54, 1.807) is 5.38 Å². The Bertz CT molecular complexity index is 1480. The summed E-state index contributed by atoms with van der Waals surface area (Å²) in [5, 5.41) is 4.95. The molecule has 230 valence electrons. The molecule has 3 amide bonds. The van der Waals surface area contributed by atoms with E-state index in [1.807, 2.05) is 60.7 Å². The first-order valence-electron chi connectivity index (χ1n) is 13.6. The highest BCUT2D eigenvalue weighted by atomic mass is 32.2. The van der Waals surface area contributed by atoms with Gasteiger partial charge in [0, 0.05) is 24.6 Å². The Hall–Kier alpha value is -4.27. The first-order valence-corrected chi connectivity index (χ1v) is 15.6. The second-order valence-electron chi connectivity index (χ2n) is 10.3. The number of nitrogens with one attached hydrogen (secondary N) is 1. The van der Waals surface area contributed by atoms with E-state index in [0.717, 1.165) is 16.2 Å². The summed E-state index contributed by atoms with van der Waals surface area (Å²) >= 11 is 2.45. The predicted octanol–water partition coefficient (Wildman–Crippen LogP) is 2.81. The number of thioether (sulfide) groups is 1. The molecule has 44 heavy (non-hydrogen) atoms. The van der Waals surface area contributed by atoms with Crippen LogP contribution in [0.1, 0.15) is 29.8 Å². The Morgan fingerprint density at radius 3 is 2.39 bits per heavy atom. The van der Waals surface area contributed by atoms with Gasteiger partial charge in [-0.2, -0.15) is 0 Å². The van der Waals surface area contributed by atoms with Crippen molar-refractivity contribution in [3.05, 3.63) is 82.9 Å². The second-order valence-corrected chi connectivity index (χ2v) is 12.2. The molecule has 2 saturated heterocycles. The predicted molar refractivity (Wildman–Crippen MR) is 161 cm³/mol. The number of β-lactam (4-membered cyclic amide) rings is 1. The highest BCUT2D eigenvalue weighted by Gasteiger charge is 2.61. The summed E-state index contributed by atoms with van der Waals surface area (Å²) in [7, 11) is 1.30. The van der Waals surface area contributed by atoms with Crippen molar-refractivity contribution in [3.63, 3.8) is 0 Å². The van der Waals surface area contributed by atoms with Crippen LogP contribution in [-0.4, -0.2) is 82.5 Å². The van der Waals surface area contributed by atoms with Crippen molar-refractivity contribution >= 4 is 58.4 Å². The van der Waals surface area contributed by atoms with Gasteiger partial charge in [0.1, 0.15) is 17.4 Å². The number of amides is 3. The van der Waals surface area contributed by atoms with Crippen molar-refractivity contribution in [3.8, 4) is 0 Å². The normalized spacial score (nSPS) is 20.7. The van der Waals surface area contributed by atoms with E-state index in [2.05, 4.69) is 10.3 Å². The minimum atomic E-state index is -1.35. The number of thiazole rings is 1. The van der Waals surface area contributed by atoms with E-state index in [4.69, 9.17) is 14.3 Å². The number of ether oxygens (including phenoxy) is 2. The molecule has 0 saturated carbocycles. The number of aromatic nitrogens is 1. The summed E-state index contributed by atoms with van der Waals surface area (Å²) < 4.78 is 11.5. The molecule has 12 nitrogen and oxygen atoms in total. The number of carbonyl (C=O) groups is 5. The molecule has 2 aliphatic heterocycles. The second kappa shape index (κ2) is 13.6. The number of benzene rings is 2. The van der Waals surface area contributed by atoms with Crippen molar-refractivity contribution in [1.82, 2.24) is 14.9 Å². The molecule has 14 heteroatoms. The minimum Gasteiger partial charge on any atom is -0.465 e. The van der Waals surface area contributed by atoms with Gasteiger partial charge in [0.05, 0.1) is 19.2 Å². The summed E-state index contributed by atoms with van der Waals surface area (Å²) in [5.74, 6) is -1.91. The number of hydrogen-bond acceptors (Lipinski definition) is 11. The van der Waals surface area contributed by atoms with Gasteiger partial charge in [-0.3, -0.25) is 28.8 Å². The van der Waals surface area contributed by atoms with Gasteiger partial charge in [-0.1, -0.05) is 60.7 Å². The maximum Gasteiger partial charge on any atom is 0.319 e. The fourth-order valence-electron chi connectivity index (χ4n) is 5.12. The lowest BCUT2D eigenvalue weighted by Gasteiger charge is -2.55. The van der Waals surface area contributed by atoms with Crippen molar-refractivity contribution in [2.45, 2.75) is 30.9 Å². The summed E-state index contributed by atoms with van der Waals surface area (Å²) in [5.41, 5.74) is 0.597. The molecule has 0 radical (unpaired) electrons. The van der Waals surface area contributed by atoms with E-state index in [1.165, 1.54) is 42.0 Å². The fraction of sp³-hybridized carbons (Fsp3) is 0.333. The quantitative estimate of drug-likeness (QED) is 0.136. The van der Waals surface area contributed by atoms with Gasteiger partial charge < -0.3 is 19.7 Å². The maximum absolute atomic E-state index is 14.0. The molecular formula is C30H30N4O8S2. The molecule has 2 fully saturated rings. The van der Waals surface area contributed by atoms with Crippen molar-refractivity contribution in [2.24, 2.45) is 5.41 Å². The number of anilines is 1. The molecule has 5 rings (SSSR count). The summed E-state index contributed by atoms with van der Waals surface area (Å²) in [6.45, 7) is 0.905. The zero-order chi connectivity index (χ0) is 31.3. The lowest BCUT2D eigenvalue weighted by Crippen LogP contribution is -2.74. The Morgan fingerprint density at radius 2 is 1.80 bits per heavy atom. The van der Waals surface area contributed by atoms with Crippen LogP contribution in [0.15, 0.2) is 66.0 Å². The highest BCUT2D eigenvalue weighted by molar-refractivity contribution is 8.00. The van der Waals surface area contributed by atoms with E-state index in [0.29, 0.717) is 17.2 Å².